The van der Waals surface area contributed by atoms with Crippen LogP contribution in [0.1, 0.15) is 19.4 Å². The van der Waals surface area contributed by atoms with Crippen LogP contribution in [0.15, 0.2) is 6.33 Å². The molecule has 1 atom stereocenters. The van der Waals surface area contributed by atoms with Gasteiger partial charge in [-0.05, 0) is 6.42 Å². The lowest BCUT2D eigenvalue weighted by Gasteiger charge is -2.13. The van der Waals surface area contributed by atoms with Gasteiger partial charge in [0.25, 0.3) is 0 Å². The molecule has 2 aromatic heterocycles. The highest BCUT2D eigenvalue weighted by Crippen LogP contribution is 2.20. The van der Waals surface area contributed by atoms with E-state index >= 15 is 0 Å². The lowest BCUT2D eigenvalue weighted by Crippen LogP contribution is -2.15. The van der Waals surface area contributed by atoms with Crippen molar-refractivity contribution >= 4 is 22.8 Å². The van der Waals surface area contributed by atoms with E-state index in [0.717, 1.165) is 6.42 Å². The highest BCUT2D eigenvalue weighted by atomic mass is 35.5. The summed E-state index contributed by atoms with van der Waals surface area (Å²) in [5.74, 6) is 0. The van der Waals surface area contributed by atoms with Crippen LogP contribution in [-0.4, -0.2) is 38.7 Å². The van der Waals surface area contributed by atoms with Gasteiger partial charge in [0.05, 0.1) is 12.6 Å². The number of halogens is 1. The first kappa shape index (κ1) is 11.2. The highest BCUT2D eigenvalue weighted by Gasteiger charge is 2.16. The van der Waals surface area contributed by atoms with E-state index in [2.05, 4.69) is 27.2 Å². The molecule has 0 aliphatic heterocycles. The standard InChI is InChI=1S/C9H12ClN5O/c1-3-6(4-16-2)15-9-7(13-14-15)8(10)11-5-12-9/h5-6H,3-4H2,1-2H3. The van der Waals surface area contributed by atoms with E-state index in [0.29, 0.717) is 22.9 Å². The number of aromatic nitrogens is 5. The summed E-state index contributed by atoms with van der Waals surface area (Å²) in [4.78, 5) is 8.00. The van der Waals surface area contributed by atoms with Gasteiger partial charge in [0.2, 0.25) is 0 Å². The Kier molecular flexibility index (Phi) is 3.31. The van der Waals surface area contributed by atoms with Gasteiger partial charge >= 0.3 is 0 Å². The fraction of sp³-hybridized carbons (Fsp3) is 0.556. The van der Waals surface area contributed by atoms with Gasteiger partial charge in [-0.25, -0.2) is 14.6 Å². The fourth-order valence-corrected chi connectivity index (χ4v) is 1.70. The number of rotatable bonds is 4. The minimum Gasteiger partial charge on any atom is -0.382 e. The molecule has 0 N–H and O–H groups in total. The van der Waals surface area contributed by atoms with Gasteiger partial charge in [0, 0.05) is 7.11 Å². The fourth-order valence-electron chi connectivity index (χ4n) is 1.54. The molecule has 2 heterocycles. The Morgan fingerprint density at radius 2 is 2.31 bits per heavy atom. The number of methoxy groups -OCH3 is 1. The van der Waals surface area contributed by atoms with Gasteiger partial charge in [-0.3, -0.25) is 0 Å². The molecule has 0 amide bonds. The summed E-state index contributed by atoms with van der Waals surface area (Å²) in [6, 6.07) is 0.112. The monoisotopic (exact) mass is 241 g/mol. The Bertz CT molecular complexity index is 486. The zero-order valence-electron chi connectivity index (χ0n) is 9.09. The molecule has 0 aliphatic carbocycles. The third kappa shape index (κ3) is 1.85. The summed E-state index contributed by atoms with van der Waals surface area (Å²) >= 11 is 5.90. The van der Waals surface area contributed by atoms with Crippen molar-refractivity contribution in [3.8, 4) is 0 Å². The maximum atomic E-state index is 5.90. The van der Waals surface area contributed by atoms with Gasteiger partial charge in [-0.1, -0.05) is 23.7 Å². The van der Waals surface area contributed by atoms with Crippen LogP contribution in [0.2, 0.25) is 5.15 Å². The number of nitrogens with zero attached hydrogens (tertiary/aromatic N) is 5. The molecule has 2 aromatic rings. The SMILES string of the molecule is CCC(COC)n1nnc2c(Cl)ncnc21. The van der Waals surface area contributed by atoms with Crippen molar-refractivity contribution in [2.45, 2.75) is 19.4 Å². The maximum Gasteiger partial charge on any atom is 0.183 e. The minimum atomic E-state index is 0.112. The molecule has 0 spiro atoms. The first-order valence-electron chi connectivity index (χ1n) is 4.98. The summed E-state index contributed by atoms with van der Waals surface area (Å²) in [6.45, 7) is 2.62. The van der Waals surface area contributed by atoms with E-state index in [4.69, 9.17) is 16.3 Å². The lowest BCUT2D eigenvalue weighted by molar-refractivity contribution is 0.148. The lowest BCUT2D eigenvalue weighted by atomic mass is 10.2. The van der Waals surface area contributed by atoms with Crippen molar-refractivity contribution in [3.05, 3.63) is 11.5 Å². The zero-order chi connectivity index (χ0) is 11.5. The summed E-state index contributed by atoms with van der Waals surface area (Å²) in [5, 5.41) is 8.34. The van der Waals surface area contributed by atoms with Crippen LogP contribution in [0, 0.1) is 0 Å². The summed E-state index contributed by atoms with van der Waals surface area (Å²) in [6.07, 6.45) is 2.29. The van der Waals surface area contributed by atoms with Crippen molar-refractivity contribution in [2.24, 2.45) is 0 Å². The van der Waals surface area contributed by atoms with E-state index < -0.39 is 0 Å². The van der Waals surface area contributed by atoms with E-state index in [9.17, 15) is 0 Å². The molecular weight excluding hydrogens is 230 g/mol. The largest absolute Gasteiger partial charge is 0.382 e. The molecule has 0 fully saturated rings. The highest BCUT2D eigenvalue weighted by molar-refractivity contribution is 6.33. The Labute approximate surface area is 97.6 Å². The van der Waals surface area contributed by atoms with E-state index in [1.54, 1.807) is 11.8 Å². The van der Waals surface area contributed by atoms with Crippen molar-refractivity contribution in [2.75, 3.05) is 13.7 Å². The maximum absolute atomic E-state index is 5.90. The topological polar surface area (TPSA) is 65.7 Å². The van der Waals surface area contributed by atoms with Crippen LogP contribution in [-0.2, 0) is 4.74 Å². The molecule has 16 heavy (non-hydrogen) atoms. The average molecular weight is 242 g/mol. The van der Waals surface area contributed by atoms with Crippen LogP contribution >= 0.6 is 11.6 Å². The molecule has 2 rings (SSSR count). The number of hydrogen-bond donors (Lipinski definition) is 0. The predicted molar refractivity (Wildman–Crippen MR) is 59.3 cm³/mol. The molecule has 0 aliphatic rings. The molecule has 1 unspecified atom stereocenters. The van der Waals surface area contributed by atoms with E-state index in [-0.39, 0.29) is 6.04 Å². The van der Waals surface area contributed by atoms with Crippen molar-refractivity contribution in [1.29, 1.82) is 0 Å². The quantitative estimate of drug-likeness (QED) is 0.759. The number of ether oxygens (including phenoxy) is 1. The molecule has 0 radical (unpaired) electrons. The first-order chi connectivity index (χ1) is 7.77. The Balaban J connectivity index is 2.48. The summed E-state index contributed by atoms with van der Waals surface area (Å²) in [5.41, 5.74) is 1.17. The molecule has 86 valence electrons. The van der Waals surface area contributed by atoms with Crippen molar-refractivity contribution in [3.63, 3.8) is 0 Å². The molecule has 0 bridgehead atoms. The van der Waals surface area contributed by atoms with Crippen LogP contribution in [0.4, 0.5) is 0 Å². The van der Waals surface area contributed by atoms with Gasteiger partial charge in [-0.15, -0.1) is 5.10 Å². The van der Waals surface area contributed by atoms with Crippen molar-refractivity contribution in [1.82, 2.24) is 25.0 Å². The predicted octanol–water partition coefficient (Wildman–Crippen LogP) is 1.47. The first-order valence-corrected chi connectivity index (χ1v) is 5.36. The second-order valence-corrected chi connectivity index (χ2v) is 3.75. The Hall–Kier alpha value is -1.27. The molecular formula is C9H12ClN5O. The van der Waals surface area contributed by atoms with Crippen molar-refractivity contribution < 1.29 is 4.74 Å². The van der Waals surface area contributed by atoms with Gasteiger partial charge in [0.15, 0.2) is 16.3 Å². The van der Waals surface area contributed by atoms with Gasteiger partial charge in [0.1, 0.15) is 6.33 Å². The molecule has 0 aromatic carbocycles. The van der Waals surface area contributed by atoms with Crippen LogP contribution < -0.4 is 0 Å². The third-order valence-electron chi connectivity index (χ3n) is 2.39. The third-order valence-corrected chi connectivity index (χ3v) is 2.67. The summed E-state index contributed by atoms with van der Waals surface area (Å²) < 4.78 is 6.86. The second kappa shape index (κ2) is 4.71. The molecule has 0 saturated heterocycles. The van der Waals surface area contributed by atoms with Crippen LogP contribution in [0.25, 0.3) is 11.2 Å². The Morgan fingerprint density at radius 1 is 1.50 bits per heavy atom. The number of fused-ring (bicyclic) bond motifs is 1. The van der Waals surface area contributed by atoms with Crippen LogP contribution in [0.3, 0.4) is 0 Å². The van der Waals surface area contributed by atoms with Gasteiger partial charge in [-0.2, -0.15) is 0 Å². The smallest absolute Gasteiger partial charge is 0.183 e. The molecule has 0 saturated carbocycles. The minimum absolute atomic E-state index is 0.112. The zero-order valence-corrected chi connectivity index (χ0v) is 9.85. The van der Waals surface area contributed by atoms with Gasteiger partial charge < -0.3 is 4.74 Å². The average Bonchev–Trinajstić information content (AvgIpc) is 2.71. The van der Waals surface area contributed by atoms with E-state index in [1.807, 2.05) is 0 Å². The molecule has 6 nitrogen and oxygen atoms in total. The second-order valence-electron chi connectivity index (χ2n) is 3.39. The van der Waals surface area contributed by atoms with Crippen LogP contribution in [0.5, 0.6) is 0 Å². The summed E-state index contributed by atoms with van der Waals surface area (Å²) in [7, 11) is 1.66. The molecule has 7 heteroatoms. The number of hydrogen-bond acceptors (Lipinski definition) is 5. The van der Waals surface area contributed by atoms with E-state index in [1.165, 1.54) is 6.33 Å². The Morgan fingerprint density at radius 3 is 3.00 bits per heavy atom. The normalized spacial score (nSPS) is 13.2.